The molecule has 114 valence electrons. The standard InChI is InChI=1S/C14H22FNO2S2/c1-10-8-13(15)9-11(2)14(10)20(17,18)16(4)12(3)6-7-19-5/h8-9,12H,6-7H2,1-5H3. The number of hydrogen-bond donors (Lipinski definition) is 0. The van der Waals surface area contributed by atoms with E-state index < -0.39 is 15.8 Å². The zero-order valence-corrected chi connectivity index (χ0v) is 14.2. The summed E-state index contributed by atoms with van der Waals surface area (Å²) in [5.41, 5.74) is 0.901. The molecule has 1 unspecified atom stereocenters. The van der Waals surface area contributed by atoms with E-state index in [1.54, 1.807) is 32.7 Å². The van der Waals surface area contributed by atoms with E-state index in [9.17, 15) is 12.8 Å². The molecular formula is C14H22FNO2S2. The maximum atomic E-state index is 13.3. The first kappa shape index (κ1) is 17.5. The molecule has 0 saturated carbocycles. The van der Waals surface area contributed by atoms with Crippen molar-refractivity contribution in [1.29, 1.82) is 0 Å². The van der Waals surface area contributed by atoms with Gasteiger partial charge in [-0.1, -0.05) is 0 Å². The topological polar surface area (TPSA) is 37.4 Å². The Morgan fingerprint density at radius 2 is 1.80 bits per heavy atom. The number of sulfonamides is 1. The zero-order chi connectivity index (χ0) is 15.5. The molecule has 1 atom stereocenters. The highest BCUT2D eigenvalue weighted by Gasteiger charge is 2.28. The summed E-state index contributed by atoms with van der Waals surface area (Å²) in [5.74, 6) is 0.500. The molecule has 1 aromatic carbocycles. The molecule has 0 aliphatic carbocycles. The molecule has 1 rings (SSSR count). The summed E-state index contributed by atoms with van der Waals surface area (Å²) in [5, 5.41) is 0. The molecule has 1 aromatic rings. The smallest absolute Gasteiger partial charge is 0.207 e. The van der Waals surface area contributed by atoms with E-state index in [4.69, 9.17) is 0 Å². The minimum atomic E-state index is -3.59. The predicted molar refractivity (Wildman–Crippen MR) is 83.3 cm³/mol. The number of halogens is 1. The molecular weight excluding hydrogens is 297 g/mol. The van der Waals surface area contributed by atoms with E-state index in [0.29, 0.717) is 11.1 Å². The first-order chi connectivity index (χ1) is 9.21. The van der Waals surface area contributed by atoms with Crippen LogP contribution in [0.3, 0.4) is 0 Å². The molecule has 3 nitrogen and oxygen atoms in total. The van der Waals surface area contributed by atoms with Crippen LogP contribution < -0.4 is 0 Å². The zero-order valence-electron chi connectivity index (χ0n) is 12.6. The van der Waals surface area contributed by atoms with Crippen molar-refractivity contribution in [2.45, 2.75) is 38.1 Å². The minimum absolute atomic E-state index is 0.0868. The lowest BCUT2D eigenvalue weighted by Gasteiger charge is -2.25. The van der Waals surface area contributed by atoms with Gasteiger partial charge >= 0.3 is 0 Å². The molecule has 20 heavy (non-hydrogen) atoms. The van der Waals surface area contributed by atoms with Crippen molar-refractivity contribution in [3.05, 3.63) is 29.1 Å². The summed E-state index contributed by atoms with van der Waals surface area (Å²) in [6.45, 7) is 5.15. The summed E-state index contributed by atoms with van der Waals surface area (Å²) in [4.78, 5) is 0.220. The molecule has 0 fully saturated rings. The summed E-state index contributed by atoms with van der Waals surface area (Å²) in [6, 6.07) is 2.44. The van der Waals surface area contributed by atoms with Crippen molar-refractivity contribution < 1.29 is 12.8 Å². The Hall–Kier alpha value is -0.590. The summed E-state index contributed by atoms with van der Waals surface area (Å²) in [7, 11) is -2.00. The lowest BCUT2D eigenvalue weighted by atomic mass is 10.1. The van der Waals surface area contributed by atoms with Gasteiger partial charge < -0.3 is 0 Å². The largest absolute Gasteiger partial charge is 0.243 e. The molecule has 0 heterocycles. The highest BCUT2D eigenvalue weighted by Crippen LogP contribution is 2.26. The van der Waals surface area contributed by atoms with Gasteiger partial charge in [0.15, 0.2) is 0 Å². The van der Waals surface area contributed by atoms with Crippen molar-refractivity contribution in [3.8, 4) is 0 Å². The Balaban J connectivity index is 3.17. The SMILES string of the molecule is CSCCC(C)N(C)S(=O)(=O)c1c(C)cc(F)cc1C. The maximum Gasteiger partial charge on any atom is 0.243 e. The van der Waals surface area contributed by atoms with Crippen molar-refractivity contribution in [3.63, 3.8) is 0 Å². The molecule has 0 aliphatic heterocycles. The van der Waals surface area contributed by atoms with Gasteiger partial charge in [-0.05, 0) is 62.5 Å². The average molecular weight is 319 g/mol. The highest BCUT2D eigenvalue weighted by molar-refractivity contribution is 7.98. The predicted octanol–water partition coefficient (Wildman–Crippen LogP) is 3.20. The lowest BCUT2D eigenvalue weighted by molar-refractivity contribution is 0.382. The highest BCUT2D eigenvalue weighted by atomic mass is 32.2. The molecule has 0 radical (unpaired) electrons. The van der Waals surface area contributed by atoms with E-state index in [0.717, 1.165) is 12.2 Å². The van der Waals surface area contributed by atoms with Gasteiger partial charge in [0.2, 0.25) is 10.0 Å². The molecule has 0 saturated heterocycles. The molecule has 0 spiro atoms. The van der Waals surface area contributed by atoms with Crippen molar-refractivity contribution >= 4 is 21.8 Å². The first-order valence-electron chi connectivity index (χ1n) is 6.45. The molecule has 0 N–H and O–H groups in total. The number of thioether (sulfide) groups is 1. The Morgan fingerprint density at radius 3 is 2.25 bits per heavy atom. The monoisotopic (exact) mass is 319 g/mol. The molecule has 0 amide bonds. The van der Waals surface area contributed by atoms with Gasteiger partial charge in [0.05, 0.1) is 4.90 Å². The van der Waals surface area contributed by atoms with Crippen LogP contribution in [-0.4, -0.2) is 37.8 Å². The van der Waals surface area contributed by atoms with Crippen LogP contribution in [0.25, 0.3) is 0 Å². The van der Waals surface area contributed by atoms with E-state index in [-0.39, 0.29) is 10.9 Å². The van der Waals surface area contributed by atoms with Crippen LogP contribution >= 0.6 is 11.8 Å². The van der Waals surface area contributed by atoms with Gasteiger partial charge in [0.1, 0.15) is 5.82 Å². The Kier molecular flexibility index (Phi) is 6.04. The third-order valence-electron chi connectivity index (χ3n) is 3.42. The van der Waals surface area contributed by atoms with Crippen molar-refractivity contribution in [1.82, 2.24) is 4.31 Å². The van der Waals surface area contributed by atoms with E-state index in [1.807, 2.05) is 13.2 Å². The quantitative estimate of drug-likeness (QED) is 0.808. The molecule has 0 bridgehead atoms. The number of nitrogens with zero attached hydrogens (tertiary/aromatic N) is 1. The Morgan fingerprint density at radius 1 is 1.30 bits per heavy atom. The summed E-state index contributed by atoms with van der Waals surface area (Å²) < 4.78 is 40.1. The van der Waals surface area contributed by atoms with Crippen molar-refractivity contribution in [2.24, 2.45) is 0 Å². The van der Waals surface area contributed by atoms with E-state index in [1.165, 1.54) is 16.4 Å². The lowest BCUT2D eigenvalue weighted by Crippen LogP contribution is -2.36. The third kappa shape index (κ3) is 3.74. The second kappa shape index (κ2) is 6.91. The fraction of sp³-hybridized carbons (Fsp3) is 0.571. The maximum absolute atomic E-state index is 13.3. The van der Waals surface area contributed by atoms with Crippen LogP contribution in [0.2, 0.25) is 0 Å². The first-order valence-corrected chi connectivity index (χ1v) is 9.29. The number of benzene rings is 1. The van der Waals surface area contributed by atoms with E-state index in [2.05, 4.69) is 0 Å². The summed E-state index contributed by atoms with van der Waals surface area (Å²) >= 11 is 1.69. The van der Waals surface area contributed by atoms with Gasteiger partial charge in [-0.3, -0.25) is 0 Å². The minimum Gasteiger partial charge on any atom is -0.207 e. The summed E-state index contributed by atoms with van der Waals surface area (Å²) in [6.07, 6.45) is 2.78. The van der Waals surface area contributed by atoms with Crippen molar-refractivity contribution in [2.75, 3.05) is 19.1 Å². The number of hydrogen-bond acceptors (Lipinski definition) is 3. The van der Waals surface area contributed by atoms with Crippen LogP contribution in [0.1, 0.15) is 24.5 Å². The molecule has 0 aliphatic rings. The Bertz CT molecular complexity index is 550. The fourth-order valence-electron chi connectivity index (χ4n) is 2.16. The van der Waals surface area contributed by atoms with Crippen LogP contribution in [0.5, 0.6) is 0 Å². The second-order valence-electron chi connectivity index (χ2n) is 5.02. The average Bonchev–Trinajstić information content (AvgIpc) is 2.33. The molecule has 6 heteroatoms. The van der Waals surface area contributed by atoms with Gasteiger partial charge in [0, 0.05) is 13.1 Å². The molecule has 0 aromatic heterocycles. The van der Waals surface area contributed by atoms with Gasteiger partial charge in [0.25, 0.3) is 0 Å². The van der Waals surface area contributed by atoms with E-state index >= 15 is 0 Å². The normalized spacial score (nSPS) is 13.8. The van der Waals surface area contributed by atoms with Gasteiger partial charge in [-0.15, -0.1) is 0 Å². The fourth-order valence-corrected chi connectivity index (χ4v) is 4.53. The van der Waals surface area contributed by atoms with Crippen LogP contribution in [0, 0.1) is 19.7 Å². The van der Waals surface area contributed by atoms with Gasteiger partial charge in [-0.2, -0.15) is 16.1 Å². The van der Waals surface area contributed by atoms with Crippen LogP contribution in [-0.2, 0) is 10.0 Å². The van der Waals surface area contributed by atoms with Crippen LogP contribution in [0.4, 0.5) is 4.39 Å². The number of aryl methyl sites for hydroxylation is 2. The Labute approximate surface area is 125 Å². The van der Waals surface area contributed by atoms with Gasteiger partial charge in [-0.25, -0.2) is 12.8 Å². The second-order valence-corrected chi connectivity index (χ2v) is 7.94. The number of rotatable bonds is 6. The van der Waals surface area contributed by atoms with Crippen LogP contribution in [0.15, 0.2) is 17.0 Å². The third-order valence-corrected chi connectivity index (χ3v) is 6.34.